The van der Waals surface area contributed by atoms with E-state index >= 15 is 0 Å². The molecule has 1 aliphatic rings. The second kappa shape index (κ2) is 7.09. The third-order valence-corrected chi connectivity index (χ3v) is 3.45. The summed E-state index contributed by atoms with van der Waals surface area (Å²) >= 11 is 0. The van der Waals surface area contributed by atoms with Crippen molar-refractivity contribution in [3.63, 3.8) is 0 Å². The van der Waals surface area contributed by atoms with E-state index in [0.717, 1.165) is 19.3 Å². The van der Waals surface area contributed by atoms with E-state index < -0.39 is 17.4 Å². The molecular formula is C14H21NO4. The molecule has 0 saturated heterocycles. The van der Waals surface area contributed by atoms with E-state index in [4.69, 9.17) is 9.84 Å². The summed E-state index contributed by atoms with van der Waals surface area (Å²) in [7, 11) is 0. The summed E-state index contributed by atoms with van der Waals surface area (Å²) < 4.78 is 5.10. The van der Waals surface area contributed by atoms with E-state index in [1.54, 1.807) is 6.08 Å². The zero-order valence-corrected chi connectivity index (χ0v) is 11.1. The van der Waals surface area contributed by atoms with Crippen molar-refractivity contribution in [3.05, 3.63) is 25.3 Å². The number of amides is 1. The molecule has 1 amide bonds. The number of allylic oxidation sites excluding steroid dienone is 1. The largest absolute Gasteiger partial charge is 0.480 e. The number of nitrogens with one attached hydrogen (secondary N) is 1. The highest BCUT2D eigenvalue weighted by Crippen LogP contribution is 2.44. The van der Waals surface area contributed by atoms with Crippen molar-refractivity contribution < 1.29 is 19.4 Å². The van der Waals surface area contributed by atoms with Gasteiger partial charge in [-0.1, -0.05) is 18.6 Å². The van der Waals surface area contributed by atoms with Gasteiger partial charge in [0.05, 0.1) is 18.6 Å². The number of carboxylic acids is 1. The quantitative estimate of drug-likeness (QED) is 0.490. The number of rotatable bonds is 9. The summed E-state index contributed by atoms with van der Waals surface area (Å²) in [5.74, 6) is -1.31. The van der Waals surface area contributed by atoms with E-state index in [1.165, 1.54) is 6.08 Å². The van der Waals surface area contributed by atoms with Crippen molar-refractivity contribution in [3.8, 4) is 0 Å². The van der Waals surface area contributed by atoms with E-state index in [9.17, 15) is 9.59 Å². The molecule has 1 saturated carbocycles. The average Bonchev–Trinajstić information content (AvgIpc) is 2.32. The van der Waals surface area contributed by atoms with Gasteiger partial charge in [-0.2, -0.15) is 0 Å². The lowest BCUT2D eigenvalue weighted by Crippen LogP contribution is -2.52. The molecule has 0 aromatic rings. The average molecular weight is 267 g/mol. The van der Waals surface area contributed by atoms with Crippen molar-refractivity contribution in [2.75, 3.05) is 13.2 Å². The number of hydrogen-bond acceptors (Lipinski definition) is 3. The predicted octanol–water partition coefficient (Wildman–Crippen LogP) is 1.50. The summed E-state index contributed by atoms with van der Waals surface area (Å²) in [6.07, 6.45) is 6.38. The molecule has 1 aliphatic carbocycles. The van der Waals surface area contributed by atoms with E-state index in [1.807, 2.05) is 0 Å². The molecule has 5 nitrogen and oxygen atoms in total. The van der Waals surface area contributed by atoms with Gasteiger partial charge in [0.1, 0.15) is 0 Å². The van der Waals surface area contributed by atoms with Crippen LogP contribution in [0.15, 0.2) is 25.3 Å². The minimum atomic E-state index is -1.09. The van der Waals surface area contributed by atoms with Crippen LogP contribution in [0.2, 0.25) is 0 Å². The molecule has 0 aromatic carbocycles. The van der Waals surface area contributed by atoms with Gasteiger partial charge in [-0.05, 0) is 19.3 Å². The predicted molar refractivity (Wildman–Crippen MR) is 71.7 cm³/mol. The monoisotopic (exact) mass is 267 g/mol. The summed E-state index contributed by atoms with van der Waals surface area (Å²) in [6.45, 7) is 7.33. The van der Waals surface area contributed by atoms with Crippen LogP contribution in [0.5, 0.6) is 0 Å². The second-order valence-corrected chi connectivity index (χ2v) is 4.82. The van der Waals surface area contributed by atoms with Crippen molar-refractivity contribution in [2.45, 2.75) is 31.7 Å². The molecule has 106 valence electrons. The van der Waals surface area contributed by atoms with Gasteiger partial charge in [-0.3, -0.25) is 4.79 Å². The van der Waals surface area contributed by atoms with E-state index in [-0.39, 0.29) is 19.1 Å². The lowest BCUT2D eigenvalue weighted by Gasteiger charge is -2.40. The first-order valence-corrected chi connectivity index (χ1v) is 6.39. The smallest absolute Gasteiger partial charge is 0.328 e. The summed E-state index contributed by atoms with van der Waals surface area (Å²) in [6, 6.07) is -1.02. The number of aliphatic carboxylic acids is 1. The molecule has 5 heteroatoms. The lowest BCUT2D eigenvalue weighted by atomic mass is 9.66. The normalized spacial score (nSPS) is 17.9. The molecule has 1 unspecified atom stereocenters. The molecule has 19 heavy (non-hydrogen) atoms. The van der Waals surface area contributed by atoms with E-state index in [0.29, 0.717) is 6.42 Å². The molecule has 1 atom stereocenters. The molecule has 2 N–H and O–H groups in total. The first-order valence-electron chi connectivity index (χ1n) is 6.39. The number of carboxylic acid groups (broad SMARTS) is 1. The third kappa shape index (κ3) is 3.92. The highest BCUT2D eigenvalue weighted by atomic mass is 16.5. The van der Waals surface area contributed by atoms with Crippen LogP contribution in [-0.2, 0) is 14.3 Å². The minimum Gasteiger partial charge on any atom is -0.480 e. The minimum absolute atomic E-state index is 0.0583. The van der Waals surface area contributed by atoms with Crippen LogP contribution in [0.4, 0.5) is 0 Å². The Kier molecular flexibility index (Phi) is 5.76. The number of carbonyl (C=O) groups is 2. The summed E-state index contributed by atoms with van der Waals surface area (Å²) in [5, 5.41) is 11.6. The lowest BCUT2D eigenvalue weighted by molar-refractivity contribution is -0.147. The van der Waals surface area contributed by atoms with Gasteiger partial charge in [-0.15, -0.1) is 13.2 Å². The fourth-order valence-electron chi connectivity index (χ4n) is 2.16. The zero-order valence-electron chi connectivity index (χ0n) is 11.1. The number of hydrogen-bond donors (Lipinski definition) is 2. The molecular weight excluding hydrogens is 246 g/mol. The van der Waals surface area contributed by atoms with Crippen molar-refractivity contribution in [1.82, 2.24) is 5.32 Å². The van der Waals surface area contributed by atoms with Gasteiger partial charge < -0.3 is 15.2 Å². The molecule has 0 spiro atoms. The van der Waals surface area contributed by atoms with Gasteiger partial charge >= 0.3 is 5.97 Å². The fraction of sp³-hybridized carbons (Fsp3) is 0.571. The Hall–Kier alpha value is -1.62. The van der Waals surface area contributed by atoms with Crippen molar-refractivity contribution >= 4 is 11.9 Å². The maximum absolute atomic E-state index is 12.2. The van der Waals surface area contributed by atoms with Gasteiger partial charge in [-0.25, -0.2) is 4.79 Å². The highest BCUT2D eigenvalue weighted by molar-refractivity contribution is 5.88. The van der Waals surface area contributed by atoms with Gasteiger partial charge in [0, 0.05) is 0 Å². The molecule has 0 aromatic heterocycles. The third-order valence-electron chi connectivity index (χ3n) is 3.45. The maximum Gasteiger partial charge on any atom is 0.328 e. The molecule has 1 fully saturated rings. The Morgan fingerprint density at radius 1 is 1.37 bits per heavy atom. The van der Waals surface area contributed by atoms with Crippen LogP contribution >= 0.6 is 0 Å². The van der Waals surface area contributed by atoms with Crippen molar-refractivity contribution in [2.24, 2.45) is 5.41 Å². The first kappa shape index (κ1) is 15.4. The zero-order chi connectivity index (χ0) is 14.3. The van der Waals surface area contributed by atoms with Crippen LogP contribution in [0.3, 0.4) is 0 Å². The summed E-state index contributed by atoms with van der Waals surface area (Å²) in [4.78, 5) is 23.3. The Labute approximate surface area is 113 Å². The molecule has 0 radical (unpaired) electrons. The van der Waals surface area contributed by atoms with E-state index in [2.05, 4.69) is 18.5 Å². The van der Waals surface area contributed by atoms with Gasteiger partial charge in [0.25, 0.3) is 0 Å². The molecule has 0 heterocycles. The van der Waals surface area contributed by atoms with Crippen LogP contribution in [-0.4, -0.2) is 36.2 Å². The molecule has 0 aliphatic heterocycles. The fourth-order valence-corrected chi connectivity index (χ4v) is 2.16. The van der Waals surface area contributed by atoms with Crippen LogP contribution in [0.1, 0.15) is 25.7 Å². The molecule has 0 bridgehead atoms. The Bertz CT molecular complexity index is 360. The highest BCUT2D eigenvalue weighted by Gasteiger charge is 2.43. The second-order valence-electron chi connectivity index (χ2n) is 4.82. The Balaban J connectivity index is 2.57. The Morgan fingerprint density at radius 2 is 2.05 bits per heavy atom. The molecule has 1 rings (SSSR count). The van der Waals surface area contributed by atoms with Crippen LogP contribution in [0.25, 0.3) is 0 Å². The summed E-state index contributed by atoms with van der Waals surface area (Å²) in [5.41, 5.74) is -0.464. The standard InChI is InChI=1S/C14H21NO4/c1-3-6-14(7-5-8-14)13(18)15-11(12(16)17)10-19-9-4-2/h3-4,11H,1-2,5-10H2,(H,15,18)(H,16,17). The van der Waals surface area contributed by atoms with Crippen LogP contribution in [0, 0.1) is 5.41 Å². The number of ether oxygens (including phenoxy) is 1. The van der Waals surface area contributed by atoms with Gasteiger partial charge in [0.2, 0.25) is 5.91 Å². The number of carbonyl (C=O) groups excluding carboxylic acids is 1. The Morgan fingerprint density at radius 3 is 2.47 bits per heavy atom. The maximum atomic E-state index is 12.2. The van der Waals surface area contributed by atoms with Crippen molar-refractivity contribution in [1.29, 1.82) is 0 Å². The topological polar surface area (TPSA) is 75.6 Å². The SMILES string of the molecule is C=CCOCC(NC(=O)C1(CC=C)CCC1)C(=O)O. The van der Waals surface area contributed by atoms with Gasteiger partial charge in [0.15, 0.2) is 6.04 Å². The van der Waals surface area contributed by atoms with Crippen LogP contribution < -0.4 is 5.32 Å². The first-order chi connectivity index (χ1) is 9.05.